The van der Waals surface area contributed by atoms with Crippen molar-refractivity contribution in [3.63, 3.8) is 0 Å². The fraction of sp³-hybridized carbons (Fsp3) is 0.0714. The predicted octanol–water partition coefficient (Wildman–Crippen LogP) is 0.887. The third kappa shape index (κ3) is 3.27. The number of carbonyl (C=O) groups is 2. The van der Waals surface area contributed by atoms with Crippen LogP contribution >= 0.6 is 0 Å². The Morgan fingerprint density at radius 1 is 1.19 bits per heavy atom. The summed E-state index contributed by atoms with van der Waals surface area (Å²) in [5.41, 5.74) is 6.20. The van der Waals surface area contributed by atoms with E-state index in [2.05, 4.69) is 10.1 Å². The first-order chi connectivity index (χ1) is 10.0. The highest BCUT2D eigenvalue weighted by atomic mass is 16.5. The third-order valence-corrected chi connectivity index (χ3v) is 2.75. The number of nitrogens with two attached hydrogens (primary N) is 1. The van der Waals surface area contributed by atoms with Crippen molar-refractivity contribution < 1.29 is 14.3 Å². The number of hydrogen-bond donors (Lipinski definition) is 3. The second-order valence-corrected chi connectivity index (χ2v) is 4.22. The number of nitrogens with one attached hydrogen (secondary N) is 2. The Bertz CT molecular complexity index is 692. The van der Waals surface area contributed by atoms with Gasteiger partial charge in [0.25, 0.3) is 5.91 Å². The molecule has 0 aliphatic rings. The minimum Gasteiger partial charge on any atom is -0.465 e. The SMILES string of the molecule is COC(=O)c1cc(C(=O)NC(=N)N)cc(-n2cccc2)c1. The number of benzene rings is 1. The van der Waals surface area contributed by atoms with Gasteiger partial charge in [-0.2, -0.15) is 0 Å². The van der Waals surface area contributed by atoms with Crippen LogP contribution in [0.2, 0.25) is 0 Å². The zero-order chi connectivity index (χ0) is 15.4. The monoisotopic (exact) mass is 286 g/mol. The fourth-order valence-electron chi connectivity index (χ4n) is 1.83. The lowest BCUT2D eigenvalue weighted by atomic mass is 10.1. The summed E-state index contributed by atoms with van der Waals surface area (Å²) in [6.45, 7) is 0. The summed E-state index contributed by atoms with van der Waals surface area (Å²) in [6.07, 6.45) is 3.56. The molecule has 0 aliphatic carbocycles. The van der Waals surface area contributed by atoms with E-state index < -0.39 is 17.8 Å². The highest BCUT2D eigenvalue weighted by molar-refractivity contribution is 6.06. The Morgan fingerprint density at radius 2 is 1.81 bits per heavy atom. The Morgan fingerprint density at radius 3 is 2.38 bits per heavy atom. The maximum atomic E-state index is 11.9. The van der Waals surface area contributed by atoms with Crippen LogP contribution in [-0.2, 0) is 4.74 Å². The molecule has 7 heteroatoms. The summed E-state index contributed by atoms with van der Waals surface area (Å²) in [5, 5.41) is 9.27. The van der Waals surface area contributed by atoms with Gasteiger partial charge >= 0.3 is 5.97 Å². The van der Waals surface area contributed by atoms with E-state index in [1.807, 2.05) is 12.1 Å². The molecule has 108 valence electrons. The van der Waals surface area contributed by atoms with Gasteiger partial charge in [0.1, 0.15) is 0 Å². The number of hydrogen-bond acceptors (Lipinski definition) is 4. The molecule has 1 amide bonds. The largest absolute Gasteiger partial charge is 0.465 e. The highest BCUT2D eigenvalue weighted by Crippen LogP contribution is 2.16. The van der Waals surface area contributed by atoms with E-state index in [-0.39, 0.29) is 11.1 Å². The Hall–Kier alpha value is -3.09. The molecule has 2 rings (SSSR count). The third-order valence-electron chi connectivity index (χ3n) is 2.75. The Balaban J connectivity index is 2.49. The molecular formula is C14H14N4O3. The fourth-order valence-corrected chi connectivity index (χ4v) is 1.83. The molecule has 7 nitrogen and oxygen atoms in total. The van der Waals surface area contributed by atoms with E-state index in [9.17, 15) is 9.59 Å². The number of carbonyl (C=O) groups excluding carboxylic acids is 2. The quantitative estimate of drug-likeness (QED) is 0.442. The first-order valence-electron chi connectivity index (χ1n) is 6.03. The van der Waals surface area contributed by atoms with Crippen LogP contribution in [0.1, 0.15) is 20.7 Å². The number of amides is 1. The van der Waals surface area contributed by atoms with Gasteiger partial charge in [-0.05, 0) is 30.3 Å². The number of nitrogens with zero attached hydrogens (tertiary/aromatic N) is 1. The topological polar surface area (TPSA) is 110 Å². The molecule has 0 fully saturated rings. The van der Waals surface area contributed by atoms with Crippen molar-refractivity contribution in [1.29, 1.82) is 5.41 Å². The Kier molecular flexibility index (Phi) is 4.03. The lowest BCUT2D eigenvalue weighted by molar-refractivity contribution is 0.0600. The minimum absolute atomic E-state index is 0.205. The first-order valence-corrected chi connectivity index (χ1v) is 6.03. The molecular weight excluding hydrogens is 272 g/mol. The van der Waals surface area contributed by atoms with Crippen molar-refractivity contribution in [2.45, 2.75) is 0 Å². The second-order valence-electron chi connectivity index (χ2n) is 4.22. The van der Waals surface area contributed by atoms with Crippen molar-refractivity contribution in [3.8, 4) is 5.69 Å². The van der Waals surface area contributed by atoms with Gasteiger partial charge in [0.15, 0.2) is 5.96 Å². The molecule has 1 aromatic carbocycles. The van der Waals surface area contributed by atoms with E-state index in [4.69, 9.17) is 11.1 Å². The summed E-state index contributed by atoms with van der Waals surface area (Å²) in [4.78, 5) is 23.6. The van der Waals surface area contributed by atoms with Crippen LogP contribution in [0.5, 0.6) is 0 Å². The molecule has 0 aliphatic heterocycles. The zero-order valence-corrected chi connectivity index (χ0v) is 11.3. The van der Waals surface area contributed by atoms with Gasteiger partial charge < -0.3 is 15.0 Å². The standard InChI is InChI=1S/C14H14N4O3/c1-21-13(20)10-6-9(12(19)17-14(15)16)7-11(8-10)18-4-2-3-5-18/h2-8H,1H3,(H4,15,16,17,19). The summed E-state index contributed by atoms with van der Waals surface area (Å²) in [5.74, 6) is -1.59. The van der Waals surface area contributed by atoms with E-state index in [1.54, 1.807) is 29.1 Å². The molecule has 0 spiro atoms. The number of aromatic nitrogens is 1. The molecule has 0 saturated heterocycles. The van der Waals surface area contributed by atoms with E-state index in [0.29, 0.717) is 5.69 Å². The molecule has 0 unspecified atom stereocenters. The van der Waals surface area contributed by atoms with Crippen LogP contribution in [0.3, 0.4) is 0 Å². The Labute approximate surface area is 120 Å². The van der Waals surface area contributed by atoms with Crippen LogP contribution in [0.4, 0.5) is 0 Å². The van der Waals surface area contributed by atoms with Gasteiger partial charge in [-0.25, -0.2) is 4.79 Å². The van der Waals surface area contributed by atoms with Crippen molar-refractivity contribution in [1.82, 2.24) is 9.88 Å². The van der Waals surface area contributed by atoms with E-state index in [1.165, 1.54) is 13.2 Å². The molecule has 1 heterocycles. The number of methoxy groups -OCH3 is 1. The second kappa shape index (κ2) is 5.91. The smallest absolute Gasteiger partial charge is 0.337 e. The average molecular weight is 286 g/mol. The molecule has 0 saturated carbocycles. The molecule has 2 aromatic rings. The molecule has 1 aromatic heterocycles. The zero-order valence-electron chi connectivity index (χ0n) is 11.3. The lowest BCUT2D eigenvalue weighted by Crippen LogP contribution is -2.35. The number of ether oxygens (including phenoxy) is 1. The maximum Gasteiger partial charge on any atom is 0.337 e. The number of rotatable bonds is 3. The highest BCUT2D eigenvalue weighted by Gasteiger charge is 2.14. The first kappa shape index (κ1) is 14.3. The molecule has 0 atom stereocenters. The van der Waals surface area contributed by atoms with Crippen molar-refractivity contribution in [2.24, 2.45) is 5.73 Å². The molecule has 0 bridgehead atoms. The maximum absolute atomic E-state index is 11.9. The average Bonchev–Trinajstić information content (AvgIpc) is 2.99. The van der Waals surface area contributed by atoms with Crippen LogP contribution in [0, 0.1) is 5.41 Å². The van der Waals surface area contributed by atoms with E-state index >= 15 is 0 Å². The number of guanidine groups is 1. The van der Waals surface area contributed by atoms with Gasteiger partial charge in [0.2, 0.25) is 0 Å². The van der Waals surface area contributed by atoms with Gasteiger partial charge in [-0.3, -0.25) is 15.5 Å². The molecule has 4 N–H and O–H groups in total. The van der Waals surface area contributed by atoms with Crippen molar-refractivity contribution >= 4 is 17.8 Å². The normalized spacial score (nSPS) is 9.95. The van der Waals surface area contributed by atoms with Crippen LogP contribution in [0.25, 0.3) is 5.69 Å². The van der Waals surface area contributed by atoms with Crippen molar-refractivity contribution in [2.75, 3.05) is 7.11 Å². The predicted molar refractivity (Wildman–Crippen MR) is 76.5 cm³/mol. The van der Waals surface area contributed by atoms with E-state index in [0.717, 1.165) is 0 Å². The van der Waals surface area contributed by atoms with Crippen LogP contribution in [-0.4, -0.2) is 29.5 Å². The lowest BCUT2D eigenvalue weighted by Gasteiger charge is -2.10. The summed E-state index contributed by atoms with van der Waals surface area (Å²) >= 11 is 0. The summed E-state index contributed by atoms with van der Waals surface area (Å²) < 4.78 is 6.42. The number of esters is 1. The summed E-state index contributed by atoms with van der Waals surface area (Å²) in [7, 11) is 1.26. The molecule has 0 radical (unpaired) electrons. The summed E-state index contributed by atoms with van der Waals surface area (Å²) in [6, 6.07) is 8.22. The van der Waals surface area contributed by atoms with Crippen LogP contribution < -0.4 is 11.1 Å². The van der Waals surface area contributed by atoms with Gasteiger partial charge in [-0.15, -0.1) is 0 Å². The van der Waals surface area contributed by atoms with Gasteiger partial charge in [0, 0.05) is 23.6 Å². The van der Waals surface area contributed by atoms with Crippen molar-refractivity contribution in [3.05, 3.63) is 53.9 Å². The van der Waals surface area contributed by atoms with Gasteiger partial charge in [-0.1, -0.05) is 0 Å². The van der Waals surface area contributed by atoms with Gasteiger partial charge in [0.05, 0.1) is 12.7 Å². The van der Waals surface area contributed by atoms with Crippen LogP contribution in [0.15, 0.2) is 42.7 Å². The minimum atomic E-state index is -0.568. The molecule has 21 heavy (non-hydrogen) atoms.